The Morgan fingerprint density at radius 3 is 2.46 bits per heavy atom. The highest BCUT2D eigenvalue weighted by Crippen LogP contribution is 2.35. The van der Waals surface area contributed by atoms with Crippen LogP contribution < -0.4 is 5.32 Å². The Balaban J connectivity index is 2.01. The van der Waals surface area contributed by atoms with Crippen LogP contribution in [0.1, 0.15) is 36.1 Å². The van der Waals surface area contributed by atoms with E-state index >= 15 is 0 Å². The molecule has 0 radical (unpaired) electrons. The number of hydrogen-bond donors (Lipinski definition) is 1. The first-order valence-electron chi connectivity index (χ1n) is 7.39. The molecule has 0 saturated carbocycles. The fraction of sp³-hybridized carbons (Fsp3) is 0.375. The van der Waals surface area contributed by atoms with Crippen LogP contribution in [0.15, 0.2) is 28.6 Å². The van der Waals surface area contributed by atoms with E-state index in [9.17, 15) is 9.59 Å². The third kappa shape index (κ3) is 4.78. The number of carbonyl (C=O) groups is 2. The van der Waals surface area contributed by atoms with Crippen LogP contribution >= 0.6 is 23.1 Å². The Bertz CT molecular complexity index is 726. The van der Waals surface area contributed by atoms with Crippen molar-refractivity contribution in [3.63, 3.8) is 0 Å². The Kier molecular flexibility index (Phi) is 5.95. The van der Waals surface area contributed by atoms with Crippen molar-refractivity contribution in [2.45, 2.75) is 36.8 Å². The molecule has 2 rings (SSSR count). The van der Waals surface area contributed by atoms with Gasteiger partial charge in [0, 0.05) is 5.69 Å². The molecular formula is C16H19N3O3S2. The molecule has 0 aliphatic carbocycles. The molecule has 1 N–H and O–H groups in total. The second kappa shape index (κ2) is 7.76. The summed E-state index contributed by atoms with van der Waals surface area (Å²) in [7, 11) is 0. The van der Waals surface area contributed by atoms with Gasteiger partial charge in [-0.1, -0.05) is 23.1 Å². The highest BCUT2D eigenvalue weighted by Gasteiger charge is 2.30. The summed E-state index contributed by atoms with van der Waals surface area (Å²) in [5, 5.41) is 11.7. The van der Waals surface area contributed by atoms with Crippen LogP contribution in [0.25, 0.3) is 0 Å². The lowest BCUT2D eigenvalue weighted by atomic mass is 10.1. The molecule has 2 aromatic rings. The lowest BCUT2D eigenvalue weighted by Gasteiger charge is -2.21. The largest absolute Gasteiger partial charge is 0.462 e. The summed E-state index contributed by atoms with van der Waals surface area (Å²) < 4.78 is 4.98. The zero-order chi connectivity index (χ0) is 17.7. The fourth-order valence-electron chi connectivity index (χ4n) is 1.77. The van der Waals surface area contributed by atoms with Crippen LogP contribution in [0.4, 0.5) is 5.69 Å². The minimum absolute atomic E-state index is 0.149. The van der Waals surface area contributed by atoms with Gasteiger partial charge in [0.1, 0.15) is 5.01 Å². The quantitative estimate of drug-likeness (QED) is 0.623. The number of thioether (sulfide) groups is 1. The number of nitrogens with zero attached hydrogens (tertiary/aromatic N) is 2. The van der Waals surface area contributed by atoms with Crippen LogP contribution in [-0.4, -0.2) is 33.4 Å². The minimum Gasteiger partial charge on any atom is -0.462 e. The molecule has 1 heterocycles. The minimum atomic E-state index is -0.703. The number of nitrogens with one attached hydrogen (secondary N) is 1. The number of benzene rings is 1. The predicted molar refractivity (Wildman–Crippen MR) is 95.6 cm³/mol. The lowest BCUT2D eigenvalue weighted by Crippen LogP contribution is -2.33. The van der Waals surface area contributed by atoms with Crippen molar-refractivity contribution in [3.8, 4) is 0 Å². The summed E-state index contributed by atoms with van der Waals surface area (Å²) in [6.07, 6.45) is 0. The van der Waals surface area contributed by atoms with E-state index in [0.717, 1.165) is 9.35 Å². The average Bonchev–Trinajstić information content (AvgIpc) is 2.92. The third-order valence-electron chi connectivity index (χ3n) is 3.05. The van der Waals surface area contributed by atoms with Gasteiger partial charge in [-0.25, -0.2) is 4.79 Å². The average molecular weight is 365 g/mol. The molecule has 1 amide bonds. The molecule has 0 bridgehead atoms. The maximum atomic E-state index is 12.5. The van der Waals surface area contributed by atoms with Crippen molar-refractivity contribution >= 4 is 40.7 Å². The van der Waals surface area contributed by atoms with Gasteiger partial charge >= 0.3 is 5.97 Å². The standard InChI is InChI=1S/C16H19N3O3S2/c1-5-22-13(20)11-6-8-12(9-7-11)17-14(21)16(3,4)24-15-19-18-10(2)23-15/h6-9H,5H2,1-4H3,(H,17,21). The molecule has 1 aromatic carbocycles. The first-order valence-corrected chi connectivity index (χ1v) is 9.03. The maximum absolute atomic E-state index is 12.5. The molecule has 0 fully saturated rings. The number of esters is 1. The number of anilines is 1. The van der Waals surface area contributed by atoms with Gasteiger partial charge in [0.05, 0.1) is 16.9 Å². The molecule has 0 atom stereocenters. The van der Waals surface area contributed by atoms with Crippen molar-refractivity contribution in [1.82, 2.24) is 10.2 Å². The van der Waals surface area contributed by atoms with Gasteiger partial charge in [-0.2, -0.15) is 0 Å². The van der Waals surface area contributed by atoms with Crippen LogP contribution in [-0.2, 0) is 9.53 Å². The highest BCUT2D eigenvalue weighted by atomic mass is 32.2. The Hall–Kier alpha value is -1.93. The van der Waals surface area contributed by atoms with Gasteiger partial charge in [-0.05, 0) is 52.0 Å². The molecular weight excluding hydrogens is 346 g/mol. The molecule has 0 saturated heterocycles. The van der Waals surface area contributed by atoms with E-state index in [-0.39, 0.29) is 11.9 Å². The maximum Gasteiger partial charge on any atom is 0.338 e. The van der Waals surface area contributed by atoms with Gasteiger partial charge in [0.2, 0.25) is 5.91 Å². The monoisotopic (exact) mass is 365 g/mol. The van der Waals surface area contributed by atoms with Crippen molar-refractivity contribution in [2.24, 2.45) is 0 Å². The van der Waals surface area contributed by atoms with Crippen molar-refractivity contribution in [1.29, 1.82) is 0 Å². The molecule has 0 spiro atoms. The fourth-order valence-corrected chi connectivity index (χ4v) is 4.00. The van der Waals surface area contributed by atoms with Crippen LogP contribution in [0.5, 0.6) is 0 Å². The zero-order valence-electron chi connectivity index (χ0n) is 14.0. The number of aryl methyl sites for hydroxylation is 1. The second-order valence-electron chi connectivity index (χ2n) is 5.45. The second-order valence-corrected chi connectivity index (χ2v) is 8.50. The Morgan fingerprint density at radius 1 is 1.25 bits per heavy atom. The summed E-state index contributed by atoms with van der Waals surface area (Å²) in [5.74, 6) is -0.526. The predicted octanol–water partition coefficient (Wildman–Crippen LogP) is 3.53. The van der Waals surface area contributed by atoms with Gasteiger partial charge in [0.15, 0.2) is 4.34 Å². The van der Waals surface area contributed by atoms with Crippen LogP contribution in [0.3, 0.4) is 0 Å². The summed E-state index contributed by atoms with van der Waals surface area (Å²) in [5.41, 5.74) is 1.07. The summed E-state index contributed by atoms with van der Waals surface area (Å²) in [4.78, 5) is 24.1. The summed E-state index contributed by atoms with van der Waals surface area (Å²) >= 11 is 2.82. The molecule has 6 nitrogen and oxygen atoms in total. The van der Waals surface area contributed by atoms with Gasteiger partial charge in [0.25, 0.3) is 0 Å². The van der Waals surface area contributed by atoms with E-state index in [1.807, 2.05) is 20.8 Å². The zero-order valence-corrected chi connectivity index (χ0v) is 15.6. The Labute approximate surface area is 149 Å². The number of aromatic nitrogens is 2. The van der Waals surface area contributed by atoms with E-state index in [2.05, 4.69) is 15.5 Å². The van der Waals surface area contributed by atoms with Crippen LogP contribution in [0.2, 0.25) is 0 Å². The number of carbonyl (C=O) groups excluding carboxylic acids is 2. The molecule has 128 valence electrons. The molecule has 8 heteroatoms. The lowest BCUT2D eigenvalue weighted by molar-refractivity contribution is -0.117. The van der Waals surface area contributed by atoms with Crippen molar-refractivity contribution in [2.75, 3.05) is 11.9 Å². The van der Waals surface area contributed by atoms with Crippen molar-refractivity contribution < 1.29 is 14.3 Å². The SMILES string of the molecule is CCOC(=O)c1ccc(NC(=O)C(C)(C)Sc2nnc(C)s2)cc1. The van der Waals surface area contributed by atoms with Gasteiger partial charge in [-0.15, -0.1) is 10.2 Å². The van der Waals surface area contributed by atoms with E-state index in [0.29, 0.717) is 17.9 Å². The number of rotatable bonds is 6. The molecule has 0 aliphatic heterocycles. The van der Waals surface area contributed by atoms with Crippen molar-refractivity contribution in [3.05, 3.63) is 34.8 Å². The van der Waals surface area contributed by atoms with Gasteiger partial charge < -0.3 is 10.1 Å². The Morgan fingerprint density at radius 2 is 1.92 bits per heavy atom. The first-order chi connectivity index (χ1) is 11.3. The van der Waals surface area contributed by atoms with E-state index < -0.39 is 4.75 Å². The third-order valence-corrected chi connectivity index (χ3v) is 5.14. The van der Waals surface area contributed by atoms with E-state index in [1.165, 1.54) is 23.1 Å². The first kappa shape index (κ1) is 18.4. The molecule has 0 aliphatic rings. The number of amides is 1. The molecule has 0 unspecified atom stereocenters. The highest BCUT2D eigenvalue weighted by molar-refractivity contribution is 8.03. The summed E-state index contributed by atoms with van der Waals surface area (Å²) in [6.45, 7) is 7.62. The topological polar surface area (TPSA) is 81.2 Å². The number of hydrogen-bond acceptors (Lipinski definition) is 7. The van der Waals surface area contributed by atoms with Gasteiger partial charge in [-0.3, -0.25) is 4.79 Å². The summed E-state index contributed by atoms with van der Waals surface area (Å²) in [6, 6.07) is 6.61. The molecule has 24 heavy (non-hydrogen) atoms. The molecule has 1 aromatic heterocycles. The normalized spacial score (nSPS) is 11.2. The smallest absolute Gasteiger partial charge is 0.338 e. The van der Waals surface area contributed by atoms with E-state index in [1.54, 1.807) is 31.2 Å². The number of ether oxygens (including phenoxy) is 1. The van der Waals surface area contributed by atoms with Crippen LogP contribution in [0, 0.1) is 6.92 Å². The van der Waals surface area contributed by atoms with E-state index in [4.69, 9.17) is 4.74 Å².